The Labute approximate surface area is 150 Å². The van der Waals surface area contributed by atoms with Gasteiger partial charge in [-0.3, -0.25) is 4.79 Å². The minimum absolute atomic E-state index is 0.0133. The highest BCUT2D eigenvalue weighted by molar-refractivity contribution is 9.10. The number of hydrogen-bond acceptors (Lipinski definition) is 2. The van der Waals surface area contributed by atoms with Crippen molar-refractivity contribution in [2.75, 3.05) is 6.61 Å². The second-order valence-electron chi connectivity index (χ2n) is 6.77. The molecule has 2 aromatic rings. The van der Waals surface area contributed by atoms with Crippen LogP contribution in [0.3, 0.4) is 0 Å². The van der Waals surface area contributed by atoms with E-state index in [1.165, 1.54) is 24.0 Å². The maximum absolute atomic E-state index is 12.4. The summed E-state index contributed by atoms with van der Waals surface area (Å²) in [7, 11) is 0. The number of amides is 1. The molecule has 124 valence electrons. The molecule has 24 heavy (non-hydrogen) atoms. The van der Waals surface area contributed by atoms with E-state index >= 15 is 0 Å². The molecule has 0 bridgehead atoms. The zero-order chi connectivity index (χ0) is 16.5. The lowest BCUT2D eigenvalue weighted by Crippen LogP contribution is -2.35. The first kappa shape index (κ1) is 15.7. The van der Waals surface area contributed by atoms with Gasteiger partial charge in [0, 0.05) is 16.1 Å². The molecule has 3 nitrogen and oxygen atoms in total. The van der Waals surface area contributed by atoms with E-state index in [9.17, 15) is 4.79 Å². The Bertz CT molecular complexity index is 753. The molecular formula is C20H20BrNO2. The summed E-state index contributed by atoms with van der Waals surface area (Å²) in [6.45, 7) is 0.793. The fourth-order valence-electron chi connectivity index (χ4n) is 3.16. The summed E-state index contributed by atoms with van der Waals surface area (Å²) in [4.78, 5) is 12.4. The standard InChI is InChI=1S/C20H20BrNO2/c21-17-6-3-15-10-18(11-16(15)9-17)22-20(23)14-4-7-19(8-5-14)24-12-13-1-2-13/h3-9,13,18H,1-2,10-12H2,(H,22,23)/t18-/m1/s1. The highest BCUT2D eigenvalue weighted by atomic mass is 79.9. The minimum atomic E-state index is -0.0133. The van der Waals surface area contributed by atoms with E-state index in [-0.39, 0.29) is 11.9 Å². The molecule has 2 aliphatic rings. The highest BCUT2D eigenvalue weighted by Crippen LogP contribution is 2.29. The molecule has 1 atom stereocenters. The van der Waals surface area contributed by atoms with E-state index in [1.807, 2.05) is 24.3 Å². The van der Waals surface area contributed by atoms with Gasteiger partial charge < -0.3 is 10.1 Å². The molecule has 1 saturated carbocycles. The maximum atomic E-state index is 12.4. The molecule has 0 aliphatic heterocycles. The lowest BCUT2D eigenvalue weighted by atomic mass is 10.1. The second kappa shape index (κ2) is 6.60. The fraction of sp³-hybridized carbons (Fsp3) is 0.350. The van der Waals surface area contributed by atoms with Gasteiger partial charge in [0.05, 0.1) is 6.61 Å². The molecule has 1 N–H and O–H groups in total. The van der Waals surface area contributed by atoms with Gasteiger partial charge in [-0.05, 0) is 79.1 Å². The number of nitrogens with one attached hydrogen (secondary N) is 1. The van der Waals surface area contributed by atoms with E-state index in [0.29, 0.717) is 5.56 Å². The van der Waals surface area contributed by atoms with Crippen molar-refractivity contribution in [2.45, 2.75) is 31.7 Å². The molecule has 0 spiro atoms. The zero-order valence-corrected chi connectivity index (χ0v) is 15.0. The summed E-state index contributed by atoms with van der Waals surface area (Å²) >= 11 is 3.51. The molecule has 2 aromatic carbocycles. The van der Waals surface area contributed by atoms with Crippen molar-refractivity contribution < 1.29 is 9.53 Å². The monoisotopic (exact) mass is 385 g/mol. The summed E-state index contributed by atoms with van der Waals surface area (Å²) in [5.74, 6) is 1.56. The number of benzene rings is 2. The Hall–Kier alpha value is -1.81. The number of carbonyl (C=O) groups is 1. The third kappa shape index (κ3) is 3.64. The summed E-state index contributed by atoms with van der Waals surface area (Å²) in [5, 5.41) is 3.15. The molecule has 1 amide bonds. The number of carbonyl (C=O) groups excluding carboxylic acids is 1. The lowest BCUT2D eigenvalue weighted by molar-refractivity contribution is 0.0938. The Morgan fingerprint density at radius 2 is 1.83 bits per heavy atom. The number of hydrogen-bond donors (Lipinski definition) is 1. The SMILES string of the molecule is O=C(N[C@@H]1Cc2ccc(Br)cc2C1)c1ccc(OCC2CC2)cc1. The summed E-state index contributed by atoms with van der Waals surface area (Å²) in [6, 6.07) is 14.0. The molecular weight excluding hydrogens is 366 g/mol. The van der Waals surface area contributed by atoms with Gasteiger partial charge in [0.1, 0.15) is 5.75 Å². The molecule has 0 heterocycles. The van der Waals surface area contributed by atoms with E-state index < -0.39 is 0 Å². The molecule has 0 aromatic heterocycles. The average molecular weight is 386 g/mol. The van der Waals surface area contributed by atoms with E-state index in [2.05, 4.69) is 39.4 Å². The van der Waals surface area contributed by atoms with Crippen molar-refractivity contribution in [1.29, 1.82) is 0 Å². The first-order chi connectivity index (χ1) is 11.7. The lowest BCUT2D eigenvalue weighted by Gasteiger charge is -2.12. The normalized spacial score (nSPS) is 19.0. The molecule has 2 aliphatic carbocycles. The van der Waals surface area contributed by atoms with Crippen molar-refractivity contribution in [3.63, 3.8) is 0 Å². The van der Waals surface area contributed by atoms with Crippen LogP contribution in [0.25, 0.3) is 0 Å². The summed E-state index contributed by atoms with van der Waals surface area (Å²) < 4.78 is 6.81. The number of rotatable bonds is 5. The Morgan fingerprint density at radius 1 is 1.08 bits per heavy atom. The van der Waals surface area contributed by atoms with Gasteiger partial charge >= 0.3 is 0 Å². The van der Waals surface area contributed by atoms with Crippen LogP contribution in [-0.4, -0.2) is 18.6 Å². The summed E-state index contributed by atoms with van der Waals surface area (Å²) in [6.07, 6.45) is 4.35. The minimum Gasteiger partial charge on any atom is -0.493 e. The predicted molar refractivity (Wildman–Crippen MR) is 97.5 cm³/mol. The second-order valence-corrected chi connectivity index (χ2v) is 7.69. The van der Waals surface area contributed by atoms with Crippen LogP contribution in [0.4, 0.5) is 0 Å². The number of fused-ring (bicyclic) bond motifs is 1. The largest absolute Gasteiger partial charge is 0.493 e. The number of halogens is 1. The molecule has 4 rings (SSSR count). The van der Waals surface area contributed by atoms with E-state index in [4.69, 9.17) is 4.74 Å². The predicted octanol–water partition coefficient (Wildman–Crippen LogP) is 4.14. The van der Waals surface area contributed by atoms with Crippen molar-refractivity contribution in [2.24, 2.45) is 5.92 Å². The fourth-order valence-corrected chi connectivity index (χ4v) is 3.57. The van der Waals surface area contributed by atoms with Gasteiger partial charge in [-0.25, -0.2) is 0 Å². The van der Waals surface area contributed by atoms with Gasteiger partial charge in [-0.1, -0.05) is 22.0 Å². The summed E-state index contributed by atoms with van der Waals surface area (Å²) in [5.41, 5.74) is 3.33. The average Bonchev–Trinajstić information content (AvgIpc) is 3.33. The van der Waals surface area contributed by atoms with Crippen LogP contribution in [-0.2, 0) is 12.8 Å². The third-order valence-electron chi connectivity index (χ3n) is 4.74. The van der Waals surface area contributed by atoms with Gasteiger partial charge in [-0.2, -0.15) is 0 Å². The van der Waals surface area contributed by atoms with Gasteiger partial charge in [0.2, 0.25) is 0 Å². The van der Waals surface area contributed by atoms with Gasteiger partial charge in [0.15, 0.2) is 0 Å². The van der Waals surface area contributed by atoms with E-state index in [0.717, 1.165) is 35.6 Å². The molecule has 0 unspecified atom stereocenters. The van der Waals surface area contributed by atoms with Gasteiger partial charge in [0.25, 0.3) is 5.91 Å². The Balaban J connectivity index is 1.34. The molecule has 0 radical (unpaired) electrons. The Kier molecular flexibility index (Phi) is 4.31. The van der Waals surface area contributed by atoms with Crippen LogP contribution in [0.1, 0.15) is 34.3 Å². The van der Waals surface area contributed by atoms with Crippen LogP contribution in [0.2, 0.25) is 0 Å². The molecule has 4 heteroatoms. The Morgan fingerprint density at radius 3 is 2.58 bits per heavy atom. The highest BCUT2D eigenvalue weighted by Gasteiger charge is 2.24. The molecule has 1 fully saturated rings. The van der Waals surface area contributed by atoms with Gasteiger partial charge in [-0.15, -0.1) is 0 Å². The quantitative estimate of drug-likeness (QED) is 0.839. The smallest absolute Gasteiger partial charge is 0.251 e. The first-order valence-corrected chi connectivity index (χ1v) is 9.28. The zero-order valence-electron chi connectivity index (χ0n) is 13.4. The van der Waals surface area contributed by atoms with Crippen molar-refractivity contribution in [1.82, 2.24) is 5.32 Å². The number of ether oxygens (including phenoxy) is 1. The topological polar surface area (TPSA) is 38.3 Å². The maximum Gasteiger partial charge on any atom is 0.251 e. The van der Waals surface area contributed by atoms with Crippen molar-refractivity contribution in [3.05, 3.63) is 63.6 Å². The first-order valence-electron chi connectivity index (χ1n) is 8.48. The van der Waals surface area contributed by atoms with Crippen LogP contribution in [0.5, 0.6) is 5.75 Å². The molecule has 0 saturated heterocycles. The van der Waals surface area contributed by atoms with Crippen LogP contribution in [0.15, 0.2) is 46.9 Å². The van der Waals surface area contributed by atoms with Crippen molar-refractivity contribution >= 4 is 21.8 Å². The van der Waals surface area contributed by atoms with E-state index in [1.54, 1.807) is 0 Å². The third-order valence-corrected chi connectivity index (χ3v) is 5.23. The van der Waals surface area contributed by atoms with Crippen LogP contribution >= 0.6 is 15.9 Å². The van der Waals surface area contributed by atoms with Crippen molar-refractivity contribution in [3.8, 4) is 5.75 Å². The van der Waals surface area contributed by atoms with Crippen LogP contribution in [0, 0.1) is 5.92 Å². The van der Waals surface area contributed by atoms with Crippen LogP contribution < -0.4 is 10.1 Å².